The first kappa shape index (κ1) is 13.0. The van der Waals surface area contributed by atoms with Gasteiger partial charge in [0, 0.05) is 11.8 Å². The Morgan fingerprint density at radius 2 is 2.05 bits per heavy atom. The van der Waals surface area contributed by atoms with Crippen molar-refractivity contribution in [1.29, 1.82) is 5.26 Å². The third kappa shape index (κ3) is 2.52. The number of thiazole rings is 1. The summed E-state index contributed by atoms with van der Waals surface area (Å²) in [4.78, 5) is 12.2. The highest BCUT2D eigenvalue weighted by molar-refractivity contribution is 7.19. The number of fused-ring (bicyclic) bond motifs is 1. The van der Waals surface area contributed by atoms with Crippen molar-refractivity contribution in [3.63, 3.8) is 0 Å². The molecule has 0 spiro atoms. The van der Waals surface area contributed by atoms with Gasteiger partial charge in [0.2, 0.25) is 5.95 Å². The number of nitrogen functional groups attached to an aromatic ring is 2. The van der Waals surface area contributed by atoms with Gasteiger partial charge in [-0.15, -0.1) is 11.3 Å². The van der Waals surface area contributed by atoms with Gasteiger partial charge in [-0.2, -0.15) is 10.2 Å². The van der Waals surface area contributed by atoms with Crippen molar-refractivity contribution in [2.45, 2.75) is 0 Å². The molecule has 7 heteroatoms. The Balaban J connectivity index is 2.09. The predicted octanol–water partition coefficient (Wildman–Crippen LogP) is 2.31. The summed E-state index contributed by atoms with van der Waals surface area (Å²) in [5, 5.41) is 9.99. The molecule has 4 N–H and O–H groups in total. The fourth-order valence-electron chi connectivity index (χ4n) is 1.81. The van der Waals surface area contributed by atoms with E-state index in [9.17, 15) is 5.26 Å². The van der Waals surface area contributed by atoms with Gasteiger partial charge in [0.05, 0.1) is 15.8 Å². The molecule has 2 heterocycles. The lowest BCUT2D eigenvalue weighted by molar-refractivity contribution is 1.19. The molecule has 0 aliphatic heterocycles. The van der Waals surface area contributed by atoms with E-state index in [0.717, 1.165) is 10.2 Å². The number of nitrogens with two attached hydrogens (primary N) is 2. The Kier molecular flexibility index (Phi) is 3.22. The van der Waals surface area contributed by atoms with Crippen LogP contribution in [0.5, 0.6) is 0 Å². The number of rotatable bonds is 2. The van der Waals surface area contributed by atoms with Crippen LogP contribution >= 0.6 is 11.3 Å². The van der Waals surface area contributed by atoms with Crippen LogP contribution in [0, 0.1) is 11.3 Å². The number of nitriles is 1. The molecule has 0 radical (unpaired) electrons. The molecule has 21 heavy (non-hydrogen) atoms. The fourth-order valence-corrected chi connectivity index (χ4v) is 2.75. The quantitative estimate of drug-likeness (QED) is 0.701. The van der Waals surface area contributed by atoms with E-state index in [1.54, 1.807) is 6.08 Å². The number of nitrogens with zero attached hydrogens (tertiary/aromatic N) is 4. The summed E-state index contributed by atoms with van der Waals surface area (Å²) in [6, 6.07) is 9.85. The van der Waals surface area contributed by atoms with Crippen LogP contribution in [0.2, 0.25) is 0 Å². The van der Waals surface area contributed by atoms with Crippen molar-refractivity contribution in [2.24, 2.45) is 0 Å². The fraction of sp³-hybridized carbons (Fsp3) is 0. The molecule has 0 saturated carbocycles. The van der Waals surface area contributed by atoms with Crippen molar-refractivity contribution in [2.75, 3.05) is 11.5 Å². The van der Waals surface area contributed by atoms with Crippen LogP contribution in [-0.4, -0.2) is 15.0 Å². The van der Waals surface area contributed by atoms with Gasteiger partial charge >= 0.3 is 0 Å². The molecular formula is C14H10N6S. The Hall–Kier alpha value is -2.98. The second kappa shape index (κ2) is 5.19. The van der Waals surface area contributed by atoms with Crippen LogP contribution in [0.1, 0.15) is 10.6 Å². The van der Waals surface area contributed by atoms with Crippen LogP contribution < -0.4 is 11.5 Å². The minimum absolute atomic E-state index is 0.100. The van der Waals surface area contributed by atoms with Crippen molar-refractivity contribution >= 4 is 45.0 Å². The molecule has 3 aromatic rings. The van der Waals surface area contributed by atoms with Crippen LogP contribution in [0.15, 0.2) is 30.5 Å². The zero-order valence-corrected chi connectivity index (χ0v) is 11.6. The molecule has 0 aliphatic rings. The third-order valence-electron chi connectivity index (χ3n) is 2.81. The zero-order valence-electron chi connectivity index (χ0n) is 10.8. The molecule has 6 nitrogen and oxygen atoms in total. The summed E-state index contributed by atoms with van der Waals surface area (Å²) in [6.45, 7) is 0. The lowest BCUT2D eigenvalue weighted by atomic mass is 10.2. The highest BCUT2D eigenvalue weighted by Gasteiger charge is 2.10. The van der Waals surface area contributed by atoms with Gasteiger partial charge < -0.3 is 11.5 Å². The van der Waals surface area contributed by atoms with E-state index < -0.39 is 0 Å². The van der Waals surface area contributed by atoms with Gasteiger partial charge in [-0.25, -0.2) is 9.97 Å². The maximum absolute atomic E-state index is 9.35. The molecule has 0 aliphatic carbocycles. The van der Waals surface area contributed by atoms with Gasteiger partial charge in [-0.05, 0) is 18.2 Å². The second-order valence-electron chi connectivity index (χ2n) is 4.23. The van der Waals surface area contributed by atoms with E-state index in [4.69, 9.17) is 11.5 Å². The largest absolute Gasteiger partial charge is 0.383 e. The minimum atomic E-state index is 0.100. The first-order valence-corrected chi connectivity index (χ1v) is 6.85. The monoisotopic (exact) mass is 294 g/mol. The molecule has 102 valence electrons. The van der Waals surface area contributed by atoms with Gasteiger partial charge in [-0.3, -0.25) is 0 Å². The van der Waals surface area contributed by atoms with Crippen LogP contribution in [0.25, 0.3) is 21.9 Å². The molecule has 0 amide bonds. The van der Waals surface area contributed by atoms with Gasteiger partial charge in [0.1, 0.15) is 16.9 Å². The molecule has 0 atom stereocenters. The van der Waals surface area contributed by atoms with Crippen molar-refractivity contribution < 1.29 is 0 Å². The molecule has 2 aromatic heterocycles. The SMILES string of the molecule is N#C/C(=C\c1cnc(N)nc1N)c1nc2ccccc2s1. The molecule has 0 bridgehead atoms. The molecule has 3 rings (SSSR count). The summed E-state index contributed by atoms with van der Waals surface area (Å²) >= 11 is 1.45. The predicted molar refractivity (Wildman–Crippen MR) is 84.0 cm³/mol. The highest BCUT2D eigenvalue weighted by Crippen LogP contribution is 2.28. The van der Waals surface area contributed by atoms with E-state index in [1.807, 2.05) is 24.3 Å². The first-order valence-electron chi connectivity index (χ1n) is 6.03. The standard InChI is InChI=1S/C14H10N6S/c15-6-8(5-9-7-18-14(17)20-12(9)16)13-19-10-3-1-2-4-11(10)21-13/h1-5,7H,(H4,16,17,18,20)/b8-5+. The van der Waals surface area contributed by atoms with Gasteiger partial charge in [-0.1, -0.05) is 12.1 Å². The number of para-hydroxylation sites is 1. The van der Waals surface area contributed by atoms with Gasteiger partial charge in [0.15, 0.2) is 0 Å². The minimum Gasteiger partial charge on any atom is -0.383 e. The Morgan fingerprint density at radius 1 is 1.24 bits per heavy atom. The normalized spacial score (nSPS) is 11.5. The third-order valence-corrected chi connectivity index (χ3v) is 3.88. The number of hydrogen-bond donors (Lipinski definition) is 2. The first-order chi connectivity index (χ1) is 10.2. The topological polar surface area (TPSA) is 114 Å². The number of aromatic nitrogens is 3. The number of allylic oxidation sites excluding steroid dienone is 1. The summed E-state index contributed by atoms with van der Waals surface area (Å²) in [5.41, 5.74) is 13.0. The number of hydrogen-bond acceptors (Lipinski definition) is 7. The maximum atomic E-state index is 9.35. The number of benzene rings is 1. The second-order valence-corrected chi connectivity index (χ2v) is 5.26. The summed E-state index contributed by atoms with van der Waals surface area (Å²) < 4.78 is 1.02. The van der Waals surface area contributed by atoms with Crippen LogP contribution in [-0.2, 0) is 0 Å². The smallest absolute Gasteiger partial charge is 0.221 e. The molecular weight excluding hydrogens is 284 g/mol. The average Bonchev–Trinajstić information content (AvgIpc) is 2.90. The maximum Gasteiger partial charge on any atom is 0.221 e. The Labute approximate surface area is 124 Å². The van der Waals surface area contributed by atoms with Crippen molar-refractivity contribution in [3.8, 4) is 6.07 Å². The zero-order chi connectivity index (χ0) is 14.8. The average molecular weight is 294 g/mol. The lowest BCUT2D eigenvalue weighted by Gasteiger charge is -2.00. The molecule has 1 aromatic carbocycles. The summed E-state index contributed by atoms with van der Waals surface area (Å²) in [7, 11) is 0. The highest BCUT2D eigenvalue weighted by atomic mass is 32.1. The van der Waals surface area contributed by atoms with Crippen molar-refractivity contribution in [3.05, 3.63) is 41.0 Å². The van der Waals surface area contributed by atoms with E-state index in [1.165, 1.54) is 17.5 Å². The van der Waals surface area contributed by atoms with E-state index >= 15 is 0 Å². The molecule has 0 saturated heterocycles. The molecule has 0 unspecified atom stereocenters. The lowest BCUT2D eigenvalue weighted by Crippen LogP contribution is -2.01. The van der Waals surface area contributed by atoms with Gasteiger partial charge in [0.25, 0.3) is 0 Å². The van der Waals surface area contributed by atoms with E-state index in [2.05, 4.69) is 21.0 Å². The van der Waals surface area contributed by atoms with Crippen molar-refractivity contribution in [1.82, 2.24) is 15.0 Å². The molecule has 0 fully saturated rings. The number of anilines is 2. The van der Waals surface area contributed by atoms with Crippen LogP contribution in [0.3, 0.4) is 0 Å². The van der Waals surface area contributed by atoms with Crippen LogP contribution in [0.4, 0.5) is 11.8 Å². The summed E-state index contributed by atoms with van der Waals surface area (Å²) in [5.74, 6) is 0.333. The Bertz CT molecular complexity index is 857. The van der Waals surface area contributed by atoms with E-state index in [-0.39, 0.29) is 11.8 Å². The summed E-state index contributed by atoms with van der Waals surface area (Å²) in [6.07, 6.45) is 3.11. The Morgan fingerprint density at radius 3 is 2.76 bits per heavy atom. The van der Waals surface area contributed by atoms with E-state index in [0.29, 0.717) is 16.1 Å².